The Morgan fingerprint density at radius 1 is 1.58 bits per heavy atom. The lowest BCUT2D eigenvalue weighted by Gasteiger charge is -2.07. The highest BCUT2D eigenvalue weighted by atomic mass is 19.3. The van der Waals surface area contributed by atoms with Gasteiger partial charge in [0, 0.05) is 31.2 Å². The predicted molar refractivity (Wildman–Crippen MR) is 40.1 cm³/mol. The maximum atomic E-state index is 12.7. The summed E-state index contributed by atoms with van der Waals surface area (Å²) in [6.45, 7) is 0. The van der Waals surface area contributed by atoms with Gasteiger partial charge in [0.05, 0.1) is 0 Å². The molecule has 0 bridgehead atoms. The first-order chi connectivity index (χ1) is 5.67. The van der Waals surface area contributed by atoms with Crippen molar-refractivity contribution >= 4 is 0 Å². The molecule has 2 nitrogen and oxygen atoms in total. The Balaban J connectivity index is 2.10. The molecular formula is C8H10F2N2. The Labute approximate surface area is 69.0 Å². The second-order valence-electron chi connectivity index (χ2n) is 3.27. The zero-order valence-corrected chi connectivity index (χ0v) is 6.56. The number of aromatic amines is 1. The van der Waals surface area contributed by atoms with Crippen molar-refractivity contribution in [1.29, 1.82) is 0 Å². The van der Waals surface area contributed by atoms with Crippen molar-refractivity contribution in [2.45, 2.75) is 31.1 Å². The Hall–Kier alpha value is -0.930. The van der Waals surface area contributed by atoms with Crippen LogP contribution in [0.25, 0.3) is 0 Å². The molecule has 0 aromatic carbocycles. The van der Waals surface area contributed by atoms with Crippen molar-refractivity contribution in [3.05, 3.63) is 18.2 Å². The van der Waals surface area contributed by atoms with Crippen LogP contribution in [-0.2, 0) is 0 Å². The molecule has 66 valence electrons. The molecule has 2 rings (SSSR count). The molecule has 12 heavy (non-hydrogen) atoms. The van der Waals surface area contributed by atoms with Crippen LogP contribution in [0.15, 0.2) is 12.4 Å². The molecule has 0 spiro atoms. The van der Waals surface area contributed by atoms with E-state index >= 15 is 0 Å². The van der Waals surface area contributed by atoms with Crippen LogP contribution >= 0.6 is 0 Å². The number of aromatic nitrogens is 2. The van der Waals surface area contributed by atoms with E-state index < -0.39 is 5.92 Å². The summed E-state index contributed by atoms with van der Waals surface area (Å²) in [7, 11) is 0. The second kappa shape index (κ2) is 2.54. The predicted octanol–water partition coefficient (Wildman–Crippen LogP) is 2.31. The lowest BCUT2D eigenvalue weighted by atomic mass is 10.1. The van der Waals surface area contributed by atoms with Gasteiger partial charge in [-0.15, -0.1) is 0 Å². The molecule has 0 radical (unpaired) electrons. The van der Waals surface area contributed by atoms with Crippen LogP contribution in [0.4, 0.5) is 8.78 Å². The lowest BCUT2D eigenvalue weighted by Crippen LogP contribution is -2.09. The Kier molecular flexibility index (Phi) is 1.63. The molecule has 1 aliphatic carbocycles. The molecule has 1 aromatic heterocycles. The normalized spacial score (nSPS) is 27.7. The molecule has 0 saturated heterocycles. The summed E-state index contributed by atoms with van der Waals surface area (Å²) < 4.78 is 25.5. The van der Waals surface area contributed by atoms with Crippen LogP contribution in [-0.4, -0.2) is 15.9 Å². The summed E-state index contributed by atoms with van der Waals surface area (Å²) in [4.78, 5) is 6.85. The molecule has 0 unspecified atom stereocenters. The van der Waals surface area contributed by atoms with Crippen LogP contribution in [0.2, 0.25) is 0 Å². The first-order valence-corrected chi connectivity index (χ1v) is 4.04. The summed E-state index contributed by atoms with van der Waals surface area (Å²) in [6, 6.07) is 0. The van der Waals surface area contributed by atoms with E-state index in [0.717, 1.165) is 0 Å². The third-order valence-electron chi connectivity index (χ3n) is 2.31. The molecule has 1 atom stereocenters. The fourth-order valence-electron chi connectivity index (χ4n) is 1.68. The number of alkyl halides is 2. The standard InChI is InChI=1S/C8H10F2N2/c9-8(10)2-1-6(5-8)7-11-3-4-12-7/h3-4,6H,1-2,5H2,(H,11,12)/t6-/m0/s1. The molecule has 1 fully saturated rings. The zero-order valence-electron chi connectivity index (χ0n) is 6.56. The number of hydrogen-bond acceptors (Lipinski definition) is 1. The quantitative estimate of drug-likeness (QED) is 0.691. The highest BCUT2D eigenvalue weighted by molar-refractivity contribution is 5.02. The molecule has 1 aliphatic rings. The zero-order chi connectivity index (χ0) is 8.60. The van der Waals surface area contributed by atoms with Gasteiger partial charge in [-0.25, -0.2) is 13.8 Å². The minimum Gasteiger partial charge on any atom is -0.348 e. The maximum Gasteiger partial charge on any atom is 0.248 e. The Bertz CT molecular complexity index is 256. The van der Waals surface area contributed by atoms with Crippen LogP contribution in [0, 0.1) is 0 Å². The van der Waals surface area contributed by atoms with Gasteiger partial charge in [-0.3, -0.25) is 0 Å². The van der Waals surface area contributed by atoms with Crippen molar-refractivity contribution < 1.29 is 8.78 Å². The molecule has 1 aromatic rings. The SMILES string of the molecule is FC1(F)CC[C@H](c2ncc[nH]2)C1. The summed E-state index contributed by atoms with van der Waals surface area (Å²) in [5.41, 5.74) is 0. The fourth-order valence-corrected chi connectivity index (χ4v) is 1.68. The van der Waals surface area contributed by atoms with Gasteiger partial charge in [-0.1, -0.05) is 0 Å². The van der Waals surface area contributed by atoms with E-state index in [2.05, 4.69) is 9.97 Å². The topological polar surface area (TPSA) is 28.7 Å². The molecule has 1 N–H and O–H groups in total. The third kappa shape index (κ3) is 1.33. The van der Waals surface area contributed by atoms with Gasteiger partial charge in [0.1, 0.15) is 5.82 Å². The van der Waals surface area contributed by atoms with Gasteiger partial charge in [0.15, 0.2) is 0 Å². The summed E-state index contributed by atoms with van der Waals surface area (Å²) in [5.74, 6) is -1.85. The first kappa shape index (κ1) is 7.71. The number of hydrogen-bond donors (Lipinski definition) is 1. The van der Waals surface area contributed by atoms with Gasteiger partial charge in [-0.2, -0.15) is 0 Å². The van der Waals surface area contributed by atoms with Gasteiger partial charge in [0.2, 0.25) is 5.92 Å². The molecule has 0 aliphatic heterocycles. The fraction of sp³-hybridized carbons (Fsp3) is 0.625. The second-order valence-corrected chi connectivity index (χ2v) is 3.27. The number of nitrogens with zero attached hydrogens (tertiary/aromatic N) is 1. The highest BCUT2D eigenvalue weighted by Gasteiger charge is 2.40. The van der Waals surface area contributed by atoms with E-state index in [0.29, 0.717) is 12.2 Å². The van der Waals surface area contributed by atoms with Crippen molar-refractivity contribution in [1.82, 2.24) is 9.97 Å². The molecule has 1 heterocycles. The van der Waals surface area contributed by atoms with Crippen LogP contribution in [0.5, 0.6) is 0 Å². The van der Waals surface area contributed by atoms with Gasteiger partial charge in [-0.05, 0) is 6.42 Å². The van der Waals surface area contributed by atoms with Gasteiger partial charge < -0.3 is 4.98 Å². The van der Waals surface area contributed by atoms with Crippen LogP contribution in [0.1, 0.15) is 31.0 Å². The summed E-state index contributed by atoms with van der Waals surface area (Å²) >= 11 is 0. The minimum absolute atomic E-state index is 0.00162. The lowest BCUT2D eigenvalue weighted by molar-refractivity contribution is 0.00756. The van der Waals surface area contributed by atoms with E-state index in [1.165, 1.54) is 0 Å². The average Bonchev–Trinajstić information content (AvgIpc) is 2.55. The van der Waals surface area contributed by atoms with Gasteiger partial charge in [0.25, 0.3) is 0 Å². The number of rotatable bonds is 1. The van der Waals surface area contributed by atoms with Crippen molar-refractivity contribution in [3.8, 4) is 0 Å². The van der Waals surface area contributed by atoms with E-state index in [1.807, 2.05) is 0 Å². The summed E-state index contributed by atoms with van der Waals surface area (Å²) in [5, 5.41) is 0. The number of nitrogens with one attached hydrogen (secondary N) is 1. The smallest absolute Gasteiger partial charge is 0.248 e. The number of imidazole rings is 1. The van der Waals surface area contributed by atoms with E-state index in [-0.39, 0.29) is 18.8 Å². The Morgan fingerprint density at radius 2 is 2.42 bits per heavy atom. The third-order valence-corrected chi connectivity index (χ3v) is 2.31. The molecular weight excluding hydrogens is 162 g/mol. The van der Waals surface area contributed by atoms with Crippen molar-refractivity contribution in [3.63, 3.8) is 0 Å². The Morgan fingerprint density at radius 3 is 2.92 bits per heavy atom. The van der Waals surface area contributed by atoms with Gasteiger partial charge >= 0.3 is 0 Å². The van der Waals surface area contributed by atoms with Crippen LogP contribution in [0.3, 0.4) is 0 Å². The molecule has 4 heteroatoms. The van der Waals surface area contributed by atoms with E-state index in [1.54, 1.807) is 12.4 Å². The van der Waals surface area contributed by atoms with E-state index in [9.17, 15) is 8.78 Å². The maximum absolute atomic E-state index is 12.7. The monoisotopic (exact) mass is 172 g/mol. The van der Waals surface area contributed by atoms with Crippen LogP contribution < -0.4 is 0 Å². The highest BCUT2D eigenvalue weighted by Crippen LogP contribution is 2.42. The first-order valence-electron chi connectivity index (χ1n) is 4.04. The minimum atomic E-state index is -2.47. The van der Waals surface area contributed by atoms with Crippen molar-refractivity contribution in [2.75, 3.05) is 0 Å². The number of H-pyrrole nitrogens is 1. The average molecular weight is 172 g/mol. The number of halogens is 2. The summed E-state index contributed by atoms with van der Waals surface area (Å²) in [6.07, 6.45) is 3.76. The van der Waals surface area contributed by atoms with E-state index in [4.69, 9.17) is 0 Å². The largest absolute Gasteiger partial charge is 0.348 e. The van der Waals surface area contributed by atoms with Crippen molar-refractivity contribution in [2.24, 2.45) is 0 Å². The molecule has 1 saturated carbocycles. The molecule has 0 amide bonds.